The van der Waals surface area contributed by atoms with E-state index in [4.69, 9.17) is 11.6 Å². The van der Waals surface area contributed by atoms with Crippen molar-refractivity contribution in [3.63, 3.8) is 0 Å². The zero-order valence-corrected chi connectivity index (χ0v) is 13.7. The molecule has 0 N–H and O–H groups in total. The number of halogens is 1. The van der Waals surface area contributed by atoms with Gasteiger partial charge in [0.1, 0.15) is 4.90 Å². The molecule has 0 amide bonds. The van der Waals surface area contributed by atoms with Crippen molar-refractivity contribution < 1.29 is 8.42 Å². The van der Waals surface area contributed by atoms with Gasteiger partial charge in [-0.25, -0.2) is 18.4 Å². The lowest BCUT2D eigenvalue weighted by Crippen LogP contribution is -2.39. The van der Waals surface area contributed by atoms with Crippen LogP contribution < -0.4 is 0 Å². The Labute approximate surface area is 132 Å². The summed E-state index contributed by atoms with van der Waals surface area (Å²) < 4.78 is 27.2. The Hall–Kier alpha value is -1.02. The van der Waals surface area contributed by atoms with Gasteiger partial charge in [0.25, 0.3) is 0 Å². The van der Waals surface area contributed by atoms with Gasteiger partial charge in [0, 0.05) is 11.4 Å². The average Bonchev–Trinajstić information content (AvgIpc) is 2.95. The van der Waals surface area contributed by atoms with Crippen molar-refractivity contribution >= 4 is 33.0 Å². The van der Waals surface area contributed by atoms with Gasteiger partial charge in [-0.15, -0.1) is 11.3 Å². The van der Waals surface area contributed by atoms with Gasteiger partial charge in [0.15, 0.2) is 0 Å². The maximum absolute atomic E-state index is 12.8. The van der Waals surface area contributed by atoms with E-state index in [0.717, 1.165) is 18.4 Å². The van der Waals surface area contributed by atoms with Gasteiger partial charge in [-0.1, -0.05) is 6.92 Å². The Morgan fingerprint density at radius 3 is 2.81 bits per heavy atom. The predicted octanol–water partition coefficient (Wildman–Crippen LogP) is 2.89. The first-order valence-corrected chi connectivity index (χ1v) is 9.29. The van der Waals surface area contributed by atoms with E-state index in [1.54, 1.807) is 15.6 Å². The Kier molecular flexibility index (Phi) is 4.00. The monoisotopic (exact) mass is 343 g/mol. The number of hydrogen-bond acceptors (Lipinski definition) is 5. The summed E-state index contributed by atoms with van der Waals surface area (Å²) in [5, 5.41) is 2.06. The molecule has 1 unspecified atom stereocenters. The molecular weight excluding hydrogens is 330 g/mol. The van der Waals surface area contributed by atoms with Crippen LogP contribution in [0.2, 0.25) is 5.28 Å². The average molecular weight is 344 g/mol. The maximum Gasteiger partial charge on any atom is 0.246 e. The Morgan fingerprint density at radius 2 is 2.14 bits per heavy atom. The molecule has 0 fully saturated rings. The van der Waals surface area contributed by atoms with Crippen LogP contribution in [0.4, 0.5) is 0 Å². The third-order valence-electron chi connectivity index (χ3n) is 3.64. The molecular formula is C13H14ClN3O2S2. The first kappa shape index (κ1) is 14.9. The molecule has 0 aromatic carbocycles. The minimum Gasteiger partial charge on any atom is -0.225 e. The molecule has 112 valence electrons. The number of fused-ring (bicyclic) bond motifs is 1. The van der Waals surface area contributed by atoms with Gasteiger partial charge in [-0.05, 0) is 41.5 Å². The third-order valence-corrected chi connectivity index (χ3v) is 6.69. The molecule has 1 aliphatic heterocycles. The number of sulfonamides is 1. The SMILES string of the molecule is CCC1c2ccsc2CCN1S(=O)(=O)c1cnc(Cl)nc1. The second-order valence-electron chi connectivity index (χ2n) is 4.78. The van der Waals surface area contributed by atoms with Gasteiger partial charge >= 0.3 is 0 Å². The Bertz CT molecular complexity index is 743. The molecule has 5 nitrogen and oxygen atoms in total. The van der Waals surface area contributed by atoms with Crippen molar-refractivity contribution in [2.75, 3.05) is 6.54 Å². The highest BCUT2D eigenvalue weighted by molar-refractivity contribution is 7.89. The fourth-order valence-electron chi connectivity index (χ4n) is 2.65. The molecule has 3 rings (SSSR count). The van der Waals surface area contributed by atoms with Crippen molar-refractivity contribution in [1.82, 2.24) is 14.3 Å². The lowest BCUT2D eigenvalue weighted by Gasteiger charge is -2.34. The summed E-state index contributed by atoms with van der Waals surface area (Å²) >= 11 is 7.32. The smallest absolute Gasteiger partial charge is 0.225 e. The number of aromatic nitrogens is 2. The van der Waals surface area contributed by atoms with E-state index in [0.29, 0.717) is 6.54 Å². The maximum atomic E-state index is 12.8. The summed E-state index contributed by atoms with van der Waals surface area (Å²) in [6.07, 6.45) is 4.01. The van der Waals surface area contributed by atoms with Crippen molar-refractivity contribution in [2.24, 2.45) is 0 Å². The minimum atomic E-state index is -3.61. The highest BCUT2D eigenvalue weighted by Gasteiger charge is 2.36. The van der Waals surface area contributed by atoms with E-state index in [2.05, 4.69) is 9.97 Å². The van der Waals surface area contributed by atoms with Crippen molar-refractivity contribution in [3.05, 3.63) is 39.6 Å². The van der Waals surface area contributed by atoms with Crippen molar-refractivity contribution in [1.29, 1.82) is 0 Å². The number of nitrogens with zero attached hydrogens (tertiary/aromatic N) is 3. The first-order chi connectivity index (χ1) is 10.0. The van der Waals surface area contributed by atoms with Crippen LogP contribution in [0.25, 0.3) is 0 Å². The van der Waals surface area contributed by atoms with E-state index in [1.165, 1.54) is 17.3 Å². The Morgan fingerprint density at radius 1 is 1.43 bits per heavy atom. The van der Waals surface area contributed by atoms with Crippen molar-refractivity contribution in [2.45, 2.75) is 30.7 Å². The Balaban J connectivity index is 2.01. The summed E-state index contributed by atoms with van der Waals surface area (Å²) in [5.74, 6) is 0. The van der Waals surface area contributed by atoms with Gasteiger partial charge in [-0.2, -0.15) is 4.31 Å². The van der Waals surface area contributed by atoms with Gasteiger partial charge < -0.3 is 0 Å². The van der Waals surface area contributed by atoms with E-state index in [1.807, 2.05) is 18.4 Å². The molecule has 3 heterocycles. The molecule has 2 aromatic heterocycles. The van der Waals surface area contributed by atoms with E-state index in [9.17, 15) is 8.42 Å². The van der Waals surface area contributed by atoms with Crippen LogP contribution in [0.5, 0.6) is 0 Å². The highest BCUT2D eigenvalue weighted by Crippen LogP contribution is 2.38. The summed E-state index contributed by atoms with van der Waals surface area (Å²) in [6, 6.07) is 1.90. The van der Waals surface area contributed by atoms with Gasteiger partial charge in [0.05, 0.1) is 18.4 Å². The highest BCUT2D eigenvalue weighted by atomic mass is 35.5. The second kappa shape index (κ2) is 5.64. The largest absolute Gasteiger partial charge is 0.246 e. The molecule has 8 heteroatoms. The number of thiophene rings is 1. The summed E-state index contributed by atoms with van der Waals surface area (Å²) in [5.41, 5.74) is 1.12. The van der Waals surface area contributed by atoms with Crippen LogP contribution in [-0.4, -0.2) is 29.2 Å². The zero-order valence-electron chi connectivity index (χ0n) is 11.4. The zero-order chi connectivity index (χ0) is 15.0. The standard InChI is InChI=1S/C13H14ClN3O2S2/c1-2-11-10-4-6-20-12(10)3-5-17(11)21(18,19)9-7-15-13(14)16-8-9/h4,6-8,11H,2-3,5H2,1H3. The summed E-state index contributed by atoms with van der Waals surface area (Å²) in [7, 11) is -3.61. The van der Waals surface area contributed by atoms with Crippen LogP contribution >= 0.6 is 22.9 Å². The normalized spacial score (nSPS) is 19.4. The number of hydrogen-bond donors (Lipinski definition) is 0. The van der Waals surface area contributed by atoms with Crippen LogP contribution in [0.1, 0.15) is 29.8 Å². The second-order valence-corrected chi connectivity index (χ2v) is 8.01. The molecule has 1 aliphatic rings. The minimum absolute atomic E-state index is 0.0414. The summed E-state index contributed by atoms with van der Waals surface area (Å²) in [6.45, 7) is 2.48. The lowest BCUT2D eigenvalue weighted by molar-refractivity contribution is 0.303. The predicted molar refractivity (Wildman–Crippen MR) is 82.0 cm³/mol. The van der Waals surface area contributed by atoms with Gasteiger partial charge in [0.2, 0.25) is 15.3 Å². The first-order valence-electron chi connectivity index (χ1n) is 6.59. The quantitative estimate of drug-likeness (QED) is 0.804. The molecule has 2 aromatic rings. The fraction of sp³-hybridized carbons (Fsp3) is 0.385. The molecule has 0 saturated heterocycles. The van der Waals surface area contributed by atoms with Crippen LogP contribution in [-0.2, 0) is 16.4 Å². The molecule has 1 atom stereocenters. The van der Waals surface area contributed by atoms with Crippen molar-refractivity contribution in [3.8, 4) is 0 Å². The molecule has 0 bridgehead atoms. The molecule has 0 aliphatic carbocycles. The fourth-order valence-corrected chi connectivity index (χ4v) is 5.25. The van der Waals surface area contributed by atoms with Crippen LogP contribution in [0.3, 0.4) is 0 Å². The molecule has 0 spiro atoms. The van der Waals surface area contributed by atoms with E-state index in [-0.39, 0.29) is 16.2 Å². The van der Waals surface area contributed by atoms with Crippen LogP contribution in [0.15, 0.2) is 28.7 Å². The van der Waals surface area contributed by atoms with Crippen LogP contribution in [0, 0.1) is 0 Å². The van der Waals surface area contributed by atoms with E-state index >= 15 is 0 Å². The van der Waals surface area contributed by atoms with E-state index < -0.39 is 10.0 Å². The molecule has 0 saturated carbocycles. The van der Waals surface area contributed by atoms with Gasteiger partial charge in [-0.3, -0.25) is 0 Å². The molecule has 21 heavy (non-hydrogen) atoms. The molecule has 0 radical (unpaired) electrons. The number of rotatable bonds is 3. The summed E-state index contributed by atoms with van der Waals surface area (Å²) in [4.78, 5) is 8.92. The lowest BCUT2D eigenvalue weighted by atomic mass is 10.0. The topological polar surface area (TPSA) is 63.2 Å². The third kappa shape index (κ3) is 2.59.